The number of fused-ring (bicyclic) bond motifs is 4. The van der Waals surface area contributed by atoms with Gasteiger partial charge in [0.05, 0.1) is 0 Å². The van der Waals surface area contributed by atoms with Gasteiger partial charge in [-0.3, -0.25) is 5.32 Å². The van der Waals surface area contributed by atoms with Crippen molar-refractivity contribution in [1.82, 2.24) is 10.6 Å². The average Bonchev–Trinajstić information content (AvgIpc) is 3.54. The maximum absolute atomic E-state index is 7.00. The molecule has 9 rings (SSSR count). The number of benzene rings is 7. The zero-order valence-electron chi connectivity index (χ0n) is 25.6. The third-order valence-corrected chi connectivity index (χ3v) is 9.16. The van der Waals surface area contributed by atoms with Crippen LogP contribution in [0.1, 0.15) is 29.0 Å². The fraction of sp³-hybridized carbons (Fsp3) is 0.0465. The Morgan fingerprint density at radius 2 is 1.19 bits per heavy atom. The van der Waals surface area contributed by atoms with Crippen molar-refractivity contribution < 1.29 is 4.42 Å². The zero-order chi connectivity index (χ0) is 31.2. The summed E-state index contributed by atoms with van der Waals surface area (Å²) in [6, 6.07) is 57.4. The zero-order valence-corrected chi connectivity index (χ0v) is 25.6. The first-order valence-corrected chi connectivity index (χ1v) is 16.0. The molecule has 0 spiro atoms. The van der Waals surface area contributed by atoms with Crippen LogP contribution >= 0.6 is 0 Å². The Balaban J connectivity index is 1.24. The van der Waals surface area contributed by atoms with Gasteiger partial charge in [0.2, 0.25) is 0 Å². The molecule has 0 saturated heterocycles. The molecule has 0 radical (unpaired) electrons. The van der Waals surface area contributed by atoms with Gasteiger partial charge >= 0.3 is 0 Å². The molecule has 47 heavy (non-hydrogen) atoms. The Morgan fingerprint density at radius 1 is 0.511 bits per heavy atom. The number of hydrogen-bond acceptors (Lipinski definition) is 4. The molecule has 1 aromatic heterocycles. The van der Waals surface area contributed by atoms with E-state index in [2.05, 4.69) is 162 Å². The molecular formula is C43H31N3O. The normalized spacial score (nSPS) is 16.3. The standard InChI is InChI=1S/C43H31N3O/c1-4-14-29(15-5-1)38-37(43-45-41(30-16-6-2-7-17-30)44-42(46-43)31-18-8-3-9-19-31)26-25-36-35-22-12-21-34(39(35)47-40(36)38)33-24-23-28-13-10-11-20-32(28)27-33/h1-27,41,43,45H,(H,44,46). The predicted octanol–water partition coefficient (Wildman–Crippen LogP) is 10.4. The summed E-state index contributed by atoms with van der Waals surface area (Å²) in [5.74, 6) is 0.852. The molecule has 4 heteroatoms. The molecule has 0 fully saturated rings. The van der Waals surface area contributed by atoms with Crippen LogP contribution in [-0.2, 0) is 0 Å². The Labute approximate surface area is 273 Å². The first-order chi connectivity index (χ1) is 23.3. The third kappa shape index (κ3) is 4.87. The number of aliphatic imine (C=N–C) groups is 1. The Bertz CT molecular complexity index is 2410. The van der Waals surface area contributed by atoms with E-state index in [0.29, 0.717) is 0 Å². The van der Waals surface area contributed by atoms with Gasteiger partial charge in [0.15, 0.2) is 0 Å². The number of nitrogens with zero attached hydrogens (tertiary/aromatic N) is 1. The second-order valence-electron chi connectivity index (χ2n) is 12.0. The molecule has 0 aliphatic carbocycles. The molecule has 8 aromatic rings. The van der Waals surface area contributed by atoms with Crippen molar-refractivity contribution in [3.63, 3.8) is 0 Å². The number of hydrogen-bond donors (Lipinski definition) is 2. The highest BCUT2D eigenvalue weighted by Gasteiger charge is 2.29. The molecule has 2 N–H and O–H groups in total. The largest absolute Gasteiger partial charge is 0.455 e. The summed E-state index contributed by atoms with van der Waals surface area (Å²) in [6.45, 7) is 0. The minimum Gasteiger partial charge on any atom is -0.455 e. The van der Waals surface area contributed by atoms with Crippen molar-refractivity contribution in [2.45, 2.75) is 12.3 Å². The molecule has 1 aliphatic rings. The summed E-state index contributed by atoms with van der Waals surface area (Å²) >= 11 is 0. The maximum atomic E-state index is 7.00. The van der Waals surface area contributed by atoms with Crippen molar-refractivity contribution >= 4 is 38.5 Å². The molecule has 224 valence electrons. The van der Waals surface area contributed by atoms with Crippen molar-refractivity contribution in [3.05, 3.63) is 180 Å². The van der Waals surface area contributed by atoms with Crippen molar-refractivity contribution in [2.75, 3.05) is 0 Å². The minimum atomic E-state index is -0.235. The van der Waals surface area contributed by atoms with E-state index in [1.54, 1.807) is 0 Å². The number of rotatable bonds is 5. The first-order valence-electron chi connectivity index (χ1n) is 16.0. The highest BCUT2D eigenvalue weighted by Crippen LogP contribution is 2.43. The summed E-state index contributed by atoms with van der Waals surface area (Å²) in [5.41, 5.74) is 9.41. The fourth-order valence-electron chi connectivity index (χ4n) is 6.87. The number of nitrogens with one attached hydrogen (secondary N) is 2. The Hall–Kier alpha value is -5.97. The third-order valence-electron chi connectivity index (χ3n) is 9.16. The highest BCUT2D eigenvalue weighted by atomic mass is 16.3. The van der Waals surface area contributed by atoms with Crippen molar-refractivity contribution in [1.29, 1.82) is 0 Å². The quantitative estimate of drug-likeness (QED) is 0.205. The molecule has 0 amide bonds. The van der Waals surface area contributed by atoms with Gasteiger partial charge in [0.1, 0.15) is 29.3 Å². The molecule has 0 saturated carbocycles. The van der Waals surface area contributed by atoms with Crippen LogP contribution < -0.4 is 10.6 Å². The van der Waals surface area contributed by atoms with Crippen LogP contribution in [0.5, 0.6) is 0 Å². The lowest BCUT2D eigenvalue weighted by Crippen LogP contribution is -2.45. The van der Waals surface area contributed by atoms with Crippen LogP contribution in [0.2, 0.25) is 0 Å². The van der Waals surface area contributed by atoms with Crippen LogP contribution in [0.25, 0.3) is 55.0 Å². The summed E-state index contributed by atoms with van der Waals surface area (Å²) in [6.07, 6.45) is -0.465. The predicted molar refractivity (Wildman–Crippen MR) is 193 cm³/mol. The second kappa shape index (κ2) is 11.4. The molecule has 0 bridgehead atoms. The van der Waals surface area contributed by atoms with Gasteiger partial charge < -0.3 is 9.73 Å². The van der Waals surface area contributed by atoms with E-state index >= 15 is 0 Å². The molecular weight excluding hydrogens is 574 g/mol. The van der Waals surface area contributed by atoms with Gasteiger partial charge in [-0.15, -0.1) is 0 Å². The Kier molecular flexibility index (Phi) is 6.65. The van der Waals surface area contributed by atoms with Crippen LogP contribution in [0, 0.1) is 0 Å². The van der Waals surface area contributed by atoms with Gasteiger partial charge in [-0.2, -0.15) is 0 Å². The van der Waals surface area contributed by atoms with Gasteiger partial charge in [-0.05, 0) is 33.5 Å². The van der Waals surface area contributed by atoms with E-state index in [-0.39, 0.29) is 12.3 Å². The average molecular weight is 606 g/mol. The highest BCUT2D eigenvalue weighted by molar-refractivity contribution is 6.14. The van der Waals surface area contributed by atoms with Crippen LogP contribution in [0.15, 0.2) is 173 Å². The summed E-state index contributed by atoms with van der Waals surface area (Å²) < 4.78 is 7.00. The number of furan rings is 1. The summed E-state index contributed by atoms with van der Waals surface area (Å²) in [4.78, 5) is 5.14. The van der Waals surface area contributed by atoms with Gasteiger partial charge in [-0.25, -0.2) is 4.99 Å². The lowest BCUT2D eigenvalue weighted by molar-refractivity contribution is 0.409. The van der Waals surface area contributed by atoms with Gasteiger partial charge in [0, 0.05) is 33.0 Å². The van der Waals surface area contributed by atoms with Crippen LogP contribution in [0.3, 0.4) is 0 Å². The van der Waals surface area contributed by atoms with E-state index in [1.807, 2.05) is 12.1 Å². The topological polar surface area (TPSA) is 49.6 Å². The van der Waals surface area contributed by atoms with Crippen LogP contribution in [-0.4, -0.2) is 5.84 Å². The van der Waals surface area contributed by atoms with Crippen LogP contribution in [0.4, 0.5) is 0 Å². The molecule has 4 nitrogen and oxygen atoms in total. The van der Waals surface area contributed by atoms with E-state index in [9.17, 15) is 0 Å². The molecule has 1 aliphatic heterocycles. The number of amidine groups is 1. The van der Waals surface area contributed by atoms with E-state index in [4.69, 9.17) is 9.41 Å². The van der Waals surface area contributed by atoms with E-state index in [1.165, 1.54) is 10.8 Å². The number of para-hydroxylation sites is 1. The van der Waals surface area contributed by atoms with E-state index in [0.717, 1.165) is 66.7 Å². The molecule has 2 atom stereocenters. The first kappa shape index (κ1) is 27.3. The monoisotopic (exact) mass is 605 g/mol. The second-order valence-corrected chi connectivity index (χ2v) is 12.0. The van der Waals surface area contributed by atoms with Crippen molar-refractivity contribution in [2.24, 2.45) is 4.99 Å². The molecule has 2 heterocycles. The SMILES string of the molecule is c1ccc(C2=NC(c3ccccc3)NC(c3ccc4c(oc5c(-c6ccc7ccccc7c6)cccc54)c3-c3ccccc3)N2)cc1. The van der Waals surface area contributed by atoms with Gasteiger partial charge in [-0.1, -0.05) is 158 Å². The lowest BCUT2D eigenvalue weighted by Gasteiger charge is -2.33. The lowest BCUT2D eigenvalue weighted by atomic mass is 9.93. The maximum Gasteiger partial charge on any atom is 0.143 e. The fourth-order valence-corrected chi connectivity index (χ4v) is 6.87. The molecule has 2 unspecified atom stereocenters. The summed E-state index contributed by atoms with van der Waals surface area (Å²) in [7, 11) is 0. The summed E-state index contributed by atoms with van der Waals surface area (Å²) in [5, 5.41) is 12.2. The van der Waals surface area contributed by atoms with Gasteiger partial charge in [0.25, 0.3) is 0 Å². The minimum absolute atomic E-state index is 0.229. The van der Waals surface area contributed by atoms with Crippen molar-refractivity contribution in [3.8, 4) is 22.3 Å². The smallest absolute Gasteiger partial charge is 0.143 e. The molecule has 7 aromatic carbocycles. The Morgan fingerprint density at radius 3 is 1.98 bits per heavy atom. The van der Waals surface area contributed by atoms with E-state index < -0.39 is 0 Å².